The fourth-order valence-electron chi connectivity index (χ4n) is 3.58. The summed E-state index contributed by atoms with van der Waals surface area (Å²) in [6.07, 6.45) is 18.5. The van der Waals surface area contributed by atoms with E-state index in [1.807, 2.05) is 0 Å². The van der Waals surface area contributed by atoms with Crippen LogP contribution in [0, 0.1) is 0 Å². The van der Waals surface area contributed by atoms with Gasteiger partial charge < -0.3 is 10.4 Å². The summed E-state index contributed by atoms with van der Waals surface area (Å²) in [6.45, 7) is 2.26. The first-order valence-electron chi connectivity index (χ1n) is 10.9. The minimum absolute atomic E-state index is 0.222. The van der Waals surface area contributed by atoms with Crippen LogP contribution in [0.25, 0.3) is 0 Å². The summed E-state index contributed by atoms with van der Waals surface area (Å²) >= 11 is 0. The molecule has 3 N–H and O–H groups in total. The third-order valence-electron chi connectivity index (χ3n) is 5.28. The molecule has 0 spiro atoms. The zero-order valence-corrected chi connectivity index (χ0v) is 16.7. The van der Waals surface area contributed by atoms with Gasteiger partial charge in [0.05, 0.1) is 6.10 Å². The molecule has 0 aliphatic carbocycles. The van der Waals surface area contributed by atoms with E-state index in [2.05, 4.69) is 17.6 Å². The van der Waals surface area contributed by atoms with Crippen molar-refractivity contribution in [1.82, 2.24) is 10.6 Å². The smallest absolute Gasteiger partial charge is 0.322 e. The first-order chi connectivity index (χ1) is 12.6. The Kier molecular flexibility index (Phi) is 13.2. The molecule has 2 unspecified atom stereocenters. The summed E-state index contributed by atoms with van der Waals surface area (Å²) in [6, 6.07) is -0.775. The lowest BCUT2D eigenvalue weighted by atomic mass is 10.0. The lowest BCUT2D eigenvalue weighted by Gasteiger charge is -2.11. The van der Waals surface area contributed by atoms with Gasteiger partial charge in [0, 0.05) is 0 Å². The number of carbonyl (C=O) groups excluding carboxylic acids is 2. The van der Waals surface area contributed by atoms with Gasteiger partial charge in [-0.15, -0.1) is 0 Å². The highest BCUT2D eigenvalue weighted by Crippen LogP contribution is 2.15. The standard InChI is InChI=1S/C21H40N2O3/c1-2-3-4-5-6-7-8-9-10-11-12-15-18(24)16-13-14-17-19-20(25)23-21(26)22-19/h18-19,24H,2-17H2,1H3,(H2,22,23,25,26). The number of nitrogens with one attached hydrogen (secondary N) is 2. The molecule has 0 radical (unpaired) electrons. The number of aliphatic hydroxyl groups excluding tert-OH is 1. The Labute approximate surface area is 159 Å². The van der Waals surface area contributed by atoms with Crippen LogP contribution in [-0.4, -0.2) is 29.2 Å². The molecule has 0 aromatic heterocycles. The number of carbonyl (C=O) groups is 2. The third kappa shape index (κ3) is 11.5. The van der Waals surface area contributed by atoms with Gasteiger partial charge in [0.1, 0.15) is 6.04 Å². The molecule has 2 atom stereocenters. The summed E-state index contributed by atoms with van der Waals surface area (Å²) in [5.74, 6) is -0.225. The Morgan fingerprint density at radius 2 is 1.31 bits per heavy atom. The van der Waals surface area contributed by atoms with Crippen LogP contribution < -0.4 is 10.6 Å². The van der Waals surface area contributed by atoms with Crippen LogP contribution in [0.15, 0.2) is 0 Å². The molecule has 26 heavy (non-hydrogen) atoms. The van der Waals surface area contributed by atoms with Crippen LogP contribution >= 0.6 is 0 Å². The quantitative estimate of drug-likeness (QED) is 0.254. The van der Waals surface area contributed by atoms with Crippen LogP contribution in [-0.2, 0) is 4.79 Å². The average Bonchev–Trinajstić information content (AvgIpc) is 2.94. The average molecular weight is 369 g/mol. The number of amides is 3. The number of urea groups is 1. The van der Waals surface area contributed by atoms with Gasteiger partial charge >= 0.3 is 6.03 Å². The molecule has 0 saturated carbocycles. The Morgan fingerprint density at radius 1 is 0.808 bits per heavy atom. The molecule has 152 valence electrons. The summed E-state index contributed by atoms with van der Waals surface area (Å²) in [5, 5.41) is 14.9. The van der Waals surface area contributed by atoms with E-state index in [0.29, 0.717) is 6.42 Å². The fourth-order valence-corrected chi connectivity index (χ4v) is 3.58. The number of imide groups is 1. The summed E-state index contributed by atoms with van der Waals surface area (Å²) in [4.78, 5) is 22.4. The van der Waals surface area contributed by atoms with Crippen LogP contribution in [0.1, 0.15) is 110 Å². The molecule has 1 rings (SSSR count). The molecule has 1 aliphatic heterocycles. The highest BCUT2D eigenvalue weighted by Gasteiger charge is 2.28. The summed E-state index contributed by atoms with van der Waals surface area (Å²) in [7, 11) is 0. The molecule has 1 aliphatic rings. The van der Waals surface area contributed by atoms with Crippen LogP contribution in [0.5, 0.6) is 0 Å². The van der Waals surface area contributed by atoms with E-state index in [0.717, 1.165) is 32.1 Å². The predicted molar refractivity (Wildman–Crippen MR) is 106 cm³/mol. The van der Waals surface area contributed by atoms with E-state index < -0.39 is 6.03 Å². The Balaban J connectivity index is 1.82. The maximum atomic E-state index is 11.4. The van der Waals surface area contributed by atoms with Gasteiger partial charge in [-0.3, -0.25) is 10.1 Å². The lowest BCUT2D eigenvalue weighted by molar-refractivity contribution is -0.120. The Bertz CT molecular complexity index is 387. The van der Waals surface area contributed by atoms with Crippen molar-refractivity contribution in [1.29, 1.82) is 0 Å². The molecule has 0 aromatic carbocycles. The fraction of sp³-hybridized carbons (Fsp3) is 0.905. The predicted octanol–water partition coefficient (Wildman–Crippen LogP) is 4.82. The van der Waals surface area contributed by atoms with Crippen molar-refractivity contribution in [2.75, 3.05) is 0 Å². The summed E-state index contributed by atoms with van der Waals surface area (Å²) in [5.41, 5.74) is 0. The number of hydrogen-bond acceptors (Lipinski definition) is 3. The van der Waals surface area contributed by atoms with Gasteiger partial charge in [-0.05, 0) is 19.3 Å². The third-order valence-corrected chi connectivity index (χ3v) is 5.28. The van der Waals surface area contributed by atoms with E-state index in [9.17, 15) is 14.7 Å². The van der Waals surface area contributed by atoms with Crippen molar-refractivity contribution in [3.63, 3.8) is 0 Å². The molecule has 1 heterocycles. The Hall–Kier alpha value is -1.10. The van der Waals surface area contributed by atoms with Crippen LogP contribution in [0.3, 0.4) is 0 Å². The van der Waals surface area contributed by atoms with Gasteiger partial charge in [-0.25, -0.2) is 4.79 Å². The number of aliphatic hydroxyl groups is 1. The highest BCUT2D eigenvalue weighted by molar-refractivity contribution is 6.04. The first-order valence-corrected chi connectivity index (χ1v) is 10.9. The topological polar surface area (TPSA) is 78.4 Å². The molecule has 1 saturated heterocycles. The zero-order chi connectivity index (χ0) is 19.0. The minimum atomic E-state index is -0.392. The summed E-state index contributed by atoms with van der Waals surface area (Å²) < 4.78 is 0. The van der Waals surface area contributed by atoms with Crippen LogP contribution in [0.4, 0.5) is 4.79 Å². The van der Waals surface area contributed by atoms with Crippen molar-refractivity contribution in [3.8, 4) is 0 Å². The molecule has 3 amide bonds. The van der Waals surface area contributed by atoms with E-state index in [1.54, 1.807) is 0 Å². The molecule has 5 heteroatoms. The van der Waals surface area contributed by atoms with Gasteiger partial charge in [-0.1, -0.05) is 90.4 Å². The van der Waals surface area contributed by atoms with Crippen molar-refractivity contribution in [2.45, 2.75) is 122 Å². The molecule has 1 fully saturated rings. The van der Waals surface area contributed by atoms with Crippen LogP contribution in [0.2, 0.25) is 0 Å². The molecule has 0 bridgehead atoms. The van der Waals surface area contributed by atoms with Gasteiger partial charge in [0.2, 0.25) is 0 Å². The van der Waals surface area contributed by atoms with Gasteiger partial charge in [0.25, 0.3) is 5.91 Å². The van der Waals surface area contributed by atoms with E-state index in [1.165, 1.54) is 64.2 Å². The normalized spacial score (nSPS) is 18.0. The highest BCUT2D eigenvalue weighted by atomic mass is 16.3. The van der Waals surface area contributed by atoms with E-state index >= 15 is 0 Å². The first kappa shape index (κ1) is 22.9. The molecular weight excluding hydrogens is 328 g/mol. The second-order valence-corrected chi connectivity index (χ2v) is 7.78. The molecule has 0 aromatic rings. The maximum Gasteiger partial charge on any atom is 0.322 e. The second-order valence-electron chi connectivity index (χ2n) is 7.78. The van der Waals surface area contributed by atoms with Crippen molar-refractivity contribution in [3.05, 3.63) is 0 Å². The SMILES string of the molecule is CCCCCCCCCCCCCC(O)CCCCC1NC(=O)NC1=O. The zero-order valence-electron chi connectivity index (χ0n) is 16.7. The largest absolute Gasteiger partial charge is 0.393 e. The molecule has 5 nitrogen and oxygen atoms in total. The number of hydrogen-bond donors (Lipinski definition) is 3. The maximum absolute atomic E-state index is 11.4. The van der Waals surface area contributed by atoms with Gasteiger partial charge in [-0.2, -0.15) is 0 Å². The van der Waals surface area contributed by atoms with Gasteiger partial charge in [0.15, 0.2) is 0 Å². The molecular formula is C21H40N2O3. The van der Waals surface area contributed by atoms with E-state index in [4.69, 9.17) is 0 Å². The van der Waals surface area contributed by atoms with Crippen molar-refractivity contribution in [2.24, 2.45) is 0 Å². The van der Waals surface area contributed by atoms with Crippen molar-refractivity contribution < 1.29 is 14.7 Å². The second kappa shape index (κ2) is 15.0. The number of unbranched alkanes of at least 4 members (excludes halogenated alkanes) is 11. The monoisotopic (exact) mass is 368 g/mol. The van der Waals surface area contributed by atoms with Crippen molar-refractivity contribution >= 4 is 11.9 Å². The number of rotatable bonds is 17. The van der Waals surface area contributed by atoms with E-state index in [-0.39, 0.29) is 18.1 Å². The minimum Gasteiger partial charge on any atom is -0.393 e. The lowest BCUT2D eigenvalue weighted by Crippen LogP contribution is -2.28. The Morgan fingerprint density at radius 3 is 1.81 bits per heavy atom.